The van der Waals surface area contributed by atoms with Crippen molar-refractivity contribution in [2.24, 2.45) is 9.98 Å². The monoisotopic (exact) mass is 400 g/mol. The first-order chi connectivity index (χ1) is 14.2. The van der Waals surface area contributed by atoms with Crippen molar-refractivity contribution in [2.45, 2.75) is 38.8 Å². The van der Waals surface area contributed by atoms with E-state index in [4.69, 9.17) is 9.47 Å². The lowest BCUT2D eigenvalue weighted by Crippen LogP contribution is -2.19. The molecule has 2 heterocycles. The highest BCUT2D eigenvalue weighted by atomic mass is 16.5. The molecular weight excluding hydrogens is 376 g/mol. The van der Waals surface area contributed by atoms with Gasteiger partial charge in [-0.05, 0) is 52.0 Å². The van der Waals surface area contributed by atoms with Crippen molar-refractivity contribution in [3.05, 3.63) is 95.5 Å². The summed E-state index contributed by atoms with van der Waals surface area (Å²) in [4.78, 5) is 22.1. The van der Waals surface area contributed by atoms with Gasteiger partial charge >= 0.3 is 0 Å². The van der Waals surface area contributed by atoms with Gasteiger partial charge in [0.15, 0.2) is 5.78 Å². The number of ether oxygens (including phenoxy) is 2. The second kappa shape index (κ2) is 7.41. The fourth-order valence-electron chi connectivity index (χ4n) is 3.24. The van der Waals surface area contributed by atoms with Gasteiger partial charge in [0, 0.05) is 23.3 Å². The van der Waals surface area contributed by atoms with Crippen LogP contribution in [0.25, 0.3) is 0 Å². The zero-order chi connectivity index (χ0) is 21.4. The van der Waals surface area contributed by atoms with Crippen LogP contribution in [0.3, 0.4) is 0 Å². The Morgan fingerprint density at radius 1 is 0.700 bits per heavy atom. The molecule has 152 valence electrons. The quantitative estimate of drug-likeness (QED) is 0.691. The molecule has 0 spiro atoms. The third kappa shape index (κ3) is 3.96. The molecule has 2 aliphatic rings. The van der Waals surface area contributed by atoms with Gasteiger partial charge < -0.3 is 9.47 Å². The number of hydrogen-bond donors (Lipinski definition) is 0. The van der Waals surface area contributed by atoms with E-state index in [2.05, 4.69) is 9.98 Å². The van der Waals surface area contributed by atoms with Crippen LogP contribution in [0.5, 0.6) is 0 Å². The summed E-state index contributed by atoms with van der Waals surface area (Å²) in [5.41, 5.74) is 0.496. The summed E-state index contributed by atoms with van der Waals surface area (Å²) in [6.07, 6.45) is 2.96. The van der Waals surface area contributed by atoms with E-state index in [1.807, 2.05) is 88.4 Å². The largest absolute Gasteiger partial charge is 0.440 e. The maximum absolute atomic E-state index is 12.8. The molecule has 0 fully saturated rings. The third-order valence-electron chi connectivity index (χ3n) is 4.97. The van der Waals surface area contributed by atoms with Gasteiger partial charge in [-0.3, -0.25) is 4.79 Å². The van der Waals surface area contributed by atoms with Crippen molar-refractivity contribution >= 4 is 17.6 Å². The number of hydrogen-bond acceptors (Lipinski definition) is 5. The molecule has 0 saturated heterocycles. The summed E-state index contributed by atoms with van der Waals surface area (Å²) in [5.74, 6) is 1.81. The second-order valence-electron chi connectivity index (χ2n) is 8.31. The Balaban J connectivity index is 1.54. The summed E-state index contributed by atoms with van der Waals surface area (Å²) in [5, 5.41) is 0. The molecule has 2 aromatic carbocycles. The van der Waals surface area contributed by atoms with Gasteiger partial charge in [0.25, 0.3) is 0 Å². The van der Waals surface area contributed by atoms with E-state index in [-0.39, 0.29) is 5.78 Å². The van der Waals surface area contributed by atoms with Crippen LogP contribution in [0.2, 0.25) is 0 Å². The highest BCUT2D eigenvalue weighted by molar-refractivity contribution is 6.03. The highest BCUT2D eigenvalue weighted by Crippen LogP contribution is 2.33. The van der Waals surface area contributed by atoms with Crippen LogP contribution in [0.4, 0.5) is 0 Å². The summed E-state index contributed by atoms with van der Waals surface area (Å²) in [7, 11) is 0. The maximum atomic E-state index is 12.8. The predicted octanol–water partition coefficient (Wildman–Crippen LogP) is 4.83. The smallest absolute Gasteiger partial charge is 0.222 e. The van der Waals surface area contributed by atoms with E-state index in [1.165, 1.54) is 12.2 Å². The second-order valence-corrected chi connectivity index (χ2v) is 8.31. The zero-order valence-electron chi connectivity index (χ0n) is 17.5. The van der Waals surface area contributed by atoms with E-state index in [9.17, 15) is 4.79 Å². The van der Waals surface area contributed by atoms with Crippen molar-refractivity contribution in [3.63, 3.8) is 0 Å². The lowest BCUT2D eigenvalue weighted by Gasteiger charge is -2.15. The van der Waals surface area contributed by atoms with Crippen LogP contribution in [0.15, 0.2) is 94.3 Å². The minimum Gasteiger partial charge on any atom is -0.440 e. The SMILES string of the molecule is CC1(C)N=C(c2ccccc2)O/C1=C/C(=O)/C=C1/OC(c2ccccc2)=NC1(C)C. The fraction of sp³-hybridized carbons (Fsp3) is 0.240. The molecule has 30 heavy (non-hydrogen) atoms. The van der Waals surface area contributed by atoms with Crippen molar-refractivity contribution < 1.29 is 14.3 Å². The minimum absolute atomic E-state index is 0.227. The van der Waals surface area contributed by atoms with Gasteiger partial charge in [0.05, 0.1) is 0 Å². The first kappa shape index (κ1) is 19.8. The highest BCUT2D eigenvalue weighted by Gasteiger charge is 2.36. The first-order valence-corrected chi connectivity index (χ1v) is 9.89. The van der Waals surface area contributed by atoms with Crippen LogP contribution in [-0.4, -0.2) is 28.7 Å². The molecule has 0 N–H and O–H groups in total. The van der Waals surface area contributed by atoms with Crippen LogP contribution < -0.4 is 0 Å². The van der Waals surface area contributed by atoms with Crippen molar-refractivity contribution in [2.75, 3.05) is 0 Å². The van der Waals surface area contributed by atoms with Crippen LogP contribution >= 0.6 is 0 Å². The van der Waals surface area contributed by atoms with Crippen molar-refractivity contribution in [3.8, 4) is 0 Å². The van der Waals surface area contributed by atoms with Crippen molar-refractivity contribution in [1.82, 2.24) is 0 Å². The number of benzene rings is 2. The number of ketones is 1. The molecule has 0 amide bonds. The van der Waals surface area contributed by atoms with Crippen LogP contribution in [0, 0.1) is 0 Å². The van der Waals surface area contributed by atoms with Gasteiger partial charge in [0.2, 0.25) is 11.8 Å². The number of aliphatic imine (C=N–C) groups is 2. The molecule has 0 saturated carbocycles. The topological polar surface area (TPSA) is 60.2 Å². The van der Waals surface area contributed by atoms with E-state index < -0.39 is 11.1 Å². The Morgan fingerprint density at radius 3 is 1.43 bits per heavy atom. The molecule has 4 rings (SSSR count). The molecule has 0 radical (unpaired) electrons. The molecule has 0 aromatic heterocycles. The van der Waals surface area contributed by atoms with E-state index >= 15 is 0 Å². The van der Waals surface area contributed by atoms with Gasteiger partial charge in [-0.25, -0.2) is 9.98 Å². The average Bonchev–Trinajstić information content (AvgIpc) is 3.18. The summed E-state index contributed by atoms with van der Waals surface area (Å²) < 4.78 is 11.9. The standard InChI is InChI=1S/C25H24N2O3/c1-24(2)20(29-22(26-24)17-11-7-5-8-12-17)15-19(28)16-21-25(3,4)27-23(30-21)18-13-9-6-10-14-18/h5-16H,1-4H3/b20-15+,21-16+. The van der Waals surface area contributed by atoms with Crippen LogP contribution in [-0.2, 0) is 14.3 Å². The Bertz CT molecular complexity index is 1000. The maximum Gasteiger partial charge on any atom is 0.222 e. The van der Waals surface area contributed by atoms with E-state index in [0.717, 1.165) is 11.1 Å². The average molecular weight is 400 g/mol. The molecule has 0 bridgehead atoms. The Hall–Kier alpha value is -3.47. The summed E-state index contributed by atoms with van der Waals surface area (Å²) in [6.45, 7) is 7.67. The number of carbonyl (C=O) groups excluding carboxylic acids is 1. The molecule has 0 aliphatic carbocycles. The molecule has 2 aromatic rings. The van der Waals surface area contributed by atoms with Gasteiger partial charge in [-0.15, -0.1) is 0 Å². The lowest BCUT2D eigenvalue weighted by molar-refractivity contribution is -0.110. The first-order valence-electron chi connectivity index (χ1n) is 9.89. The predicted molar refractivity (Wildman–Crippen MR) is 117 cm³/mol. The van der Waals surface area contributed by atoms with Crippen molar-refractivity contribution in [1.29, 1.82) is 0 Å². The van der Waals surface area contributed by atoms with E-state index in [0.29, 0.717) is 23.3 Å². The molecule has 5 heteroatoms. The number of rotatable bonds is 4. The molecule has 5 nitrogen and oxygen atoms in total. The fourth-order valence-corrected chi connectivity index (χ4v) is 3.24. The normalized spacial score (nSPS) is 21.7. The Kier molecular flexibility index (Phi) is 4.90. The lowest BCUT2D eigenvalue weighted by atomic mass is 10.0. The van der Waals surface area contributed by atoms with Gasteiger partial charge in [0.1, 0.15) is 22.6 Å². The van der Waals surface area contributed by atoms with Crippen LogP contribution in [0.1, 0.15) is 38.8 Å². The summed E-state index contributed by atoms with van der Waals surface area (Å²) >= 11 is 0. The Labute approximate surface area is 176 Å². The Morgan fingerprint density at radius 2 is 1.07 bits per heavy atom. The zero-order valence-corrected chi connectivity index (χ0v) is 17.5. The molecular formula is C25H24N2O3. The molecule has 2 aliphatic heterocycles. The number of carbonyl (C=O) groups is 1. The third-order valence-corrected chi connectivity index (χ3v) is 4.97. The molecule has 0 unspecified atom stereocenters. The van der Waals surface area contributed by atoms with Gasteiger partial charge in [-0.1, -0.05) is 36.4 Å². The van der Waals surface area contributed by atoms with E-state index in [1.54, 1.807) is 0 Å². The number of allylic oxidation sites excluding steroid dienone is 2. The van der Waals surface area contributed by atoms with Gasteiger partial charge in [-0.2, -0.15) is 0 Å². The summed E-state index contributed by atoms with van der Waals surface area (Å²) in [6, 6.07) is 19.3. The molecule has 0 atom stereocenters. The number of nitrogens with zero attached hydrogens (tertiary/aromatic N) is 2. The minimum atomic E-state index is -0.628.